The van der Waals surface area contributed by atoms with Crippen molar-refractivity contribution in [3.05, 3.63) is 24.0 Å². The molecule has 0 spiro atoms. The van der Waals surface area contributed by atoms with Gasteiger partial charge >= 0.3 is 0 Å². The third-order valence-corrected chi connectivity index (χ3v) is 2.41. The Morgan fingerprint density at radius 3 is 3.00 bits per heavy atom. The fourth-order valence-corrected chi connectivity index (χ4v) is 1.79. The molecule has 0 aliphatic rings. The van der Waals surface area contributed by atoms with Crippen LogP contribution < -0.4 is 10.5 Å². The second kappa shape index (κ2) is 3.90. The van der Waals surface area contributed by atoms with Gasteiger partial charge in [0.15, 0.2) is 0 Å². The van der Waals surface area contributed by atoms with E-state index >= 15 is 0 Å². The zero-order valence-electron chi connectivity index (χ0n) is 9.03. The lowest BCUT2D eigenvalue weighted by molar-refractivity contribution is 0.343. The van der Waals surface area contributed by atoms with Gasteiger partial charge in [0.05, 0.1) is 12.1 Å². The molecule has 0 aromatic carbocycles. The van der Waals surface area contributed by atoms with Crippen molar-refractivity contribution < 1.29 is 4.74 Å². The maximum atomic E-state index is 5.66. The van der Waals surface area contributed by atoms with E-state index in [1.165, 1.54) is 0 Å². The van der Waals surface area contributed by atoms with Gasteiger partial charge in [0.25, 0.3) is 0 Å². The minimum Gasteiger partial charge on any atom is -0.492 e. The molecule has 2 heterocycles. The molecule has 0 atom stereocenters. The zero-order valence-corrected chi connectivity index (χ0v) is 9.03. The molecule has 0 saturated carbocycles. The van der Waals surface area contributed by atoms with Crippen LogP contribution >= 0.6 is 0 Å². The largest absolute Gasteiger partial charge is 0.492 e. The van der Waals surface area contributed by atoms with Crippen LogP contribution in [-0.4, -0.2) is 16.2 Å². The normalized spacial score (nSPS) is 10.9. The molecule has 2 aromatic heterocycles. The molecule has 0 aliphatic carbocycles. The molecular weight excluding hydrogens is 190 g/mol. The lowest BCUT2D eigenvalue weighted by Crippen LogP contribution is -1.96. The van der Waals surface area contributed by atoms with Gasteiger partial charge in [-0.3, -0.25) is 4.98 Å². The Hall–Kier alpha value is -1.55. The molecule has 0 aliphatic heterocycles. The van der Waals surface area contributed by atoms with Gasteiger partial charge in [0.1, 0.15) is 11.3 Å². The molecule has 2 N–H and O–H groups in total. The van der Waals surface area contributed by atoms with Crippen LogP contribution in [0.15, 0.2) is 18.5 Å². The lowest BCUT2D eigenvalue weighted by atomic mass is 10.2. The van der Waals surface area contributed by atoms with Crippen LogP contribution in [0.2, 0.25) is 0 Å². The van der Waals surface area contributed by atoms with Crippen molar-refractivity contribution in [2.75, 3.05) is 6.61 Å². The van der Waals surface area contributed by atoms with Crippen LogP contribution in [0.3, 0.4) is 0 Å². The third kappa shape index (κ3) is 1.57. The predicted molar refractivity (Wildman–Crippen MR) is 59.8 cm³/mol. The number of ether oxygens (including phenoxy) is 1. The first-order valence-corrected chi connectivity index (χ1v) is 5.03. The van der Waals surface area contributed by atoms with Gasteiger partial charge in [0, 0.05) is 37.6 Å². The molecule has 2 aromatic rings. The molecule has 4 heteroatoms. The van der Waals surface area contributed by atoms with E-state index in [0.717, 1.165) is 22.3 Å². The number of fused-ring (bicyclic) bond motifs is 1. The molecule has 15 heavy (non-hydrogen) atoms. The highest BCUT2D eigenvalue weighted by Crippen LogP contribution is 2.27. The summed E-state index contributed by atoms with van der Waals surface area (Å²) in [5.41, 5.74) is 8.66. The van der Waals surface area contributed by atoms with E-state index in [-0.39, 0.29) is 0 Å². The topological polar surface area (TPSA) is 53.1 Å². The highest BCUT2D eigenvalue weighted by molar-refractivity contribution is 5.85. The molecule has 0 bridgehead atoms. The number of aromatic nitrogens is 2. The number of hydrogen-bond donors (Lipinski definition) is 1. The molecule has 80 valence electrons. The van der Waals surface area contributed by atoms with E-state index in [4.69, 9.17) is 10.5 Å². The molecule has 0 unspecified atom stereocenters. The molecule has 0 saturated heterocycles. The standard InChI is InChI=1S/C11H15N3O/c1-3-15-9-4-5-13-10-8(6-12)7-14(2)11(9)10/h4-5,7H,3,6,12H2,1-2H3. The average molecular weight is 205 g/mol. The highest BCUT2D eigenvalue weighted by atomic mass is 16.5. The summed E-state index contributed by atoms with van der Waals surface area (Å²) in [5.74, 6) is 0.865. The van der Waals surface area contributed by atoms with E-state index in [2.05, 4.69) is 4.98 Å². The van der Waals surface area contributed by atoms with Crippen molar-refractivity contribution >= 4 is 11.0 Å². The van der Waals surface area contributed by atoms with E-state index < -0.39 is 0 Å². The van der Waals surface area contributed by atoms with Crippen LogP contribution in [-0.2, 0) is 13.6 Å². The van der Waals surface area contributed by atoms with Gasteiger partial charge < -0.3 is 15.0 Å². The van der Waals surface area contributed by atoms with Gasteiger partial charge in [0.2, 0.25) is 0 Å². The van der Waals surface area contributed by atoms with E-state index in [1.807, 2.05) is 30.8 Å². The highest BCUT2D eigenvalue weighted by Gasteiger charge is 2.10. The summed E-state index contributed by atoms with van der Waals surface area (Å²) in [7, 11) is 1.98. The Morgan fingerprint density at radius 2 is 2.33 bits per heavy atom. The summed E-state index contributed by atoms with van der Waals surface area (Å²) in [6.45, 7) is 3.13. The Balaban J connectivity index is 2.68. The summed E-state index contributed by atoms with van der Waals surface area (Å²) in [6, 6.07) is 1.88. The van der Waals surface area contributed by atoms with Crippen molar-refractivity contribution in [3.8, 4) is 5.75 Å². The number of aryl methyl sites for hydroxylation is 1. The van der Waals surface area contributed by atoms with Crippen LogP contribution in [0.4, 0.5) is 0 Å². The van der Waals surface area contributed by atoms with Crippen LogP contribution in [0.25, 0.3) is 11.0 Å². The predicted octanol–water partition coefficient (Wildman–Crippen LogP) is 1.43. The van der Waals surface area contributed by atoms with Crippen molar-refractivity contribution in [3.63, 3.8) is 0 Å². The van der Waals surface area contributed by atoms with E-state index in [0.29, 0.717) is 13.2 Å². The number of pyridine rings is 1. The minimum atomic E-state index is 0.500. The monoisotopic (exact) mass is 205 g/mol. The second-order valence-electron chi connectivity index (χ2n) is 3.41. The van der Waals surface area contributed by atoms with E-state index in [9.17, 15) is 0 Å². The maximum absolute atomic E-state index is 5.66. The fraction of sp³-hybridized carbons (Fsp3) is 0.364. The molecule has 2 rings (SSSR count). The Morgan fingerprint density at radius 1 is 1.53 bits per heavy atom. The first kappa shape index (κ1) is 9.98. The first-order valence-electron chi connectivity index (χ1n) is 5.03. The molecule has 0 fully saturated rings. The number of hydrogen-bond acceptors (Lipinski definition) is 3. The van der Waals surface area contributed by atoms with Crippen LogP contribution in [0.1, 0.15) is 12.5 Å². The molecule has 4 nitrogen and oxygen atoms in total. The number of rotatable bonds is 3. The zero-order chi connectivity index (χ0) is 10.8. The number of nitrogens with two attached hydrogens (primary N) is 1. The van der Waals surface area contributed by atoms with Gasteiger partial charge in [-0.05, 0) is 6.92 Å². The summed E-state index contributed by atoms with van der Waals surface area (Å²) in [6.07, 6.45) is 3.76. The summed E-state index contributed by atoms with van der Waals surface area (Å²) < 4.78 is 7.57. The summed E-state index contributed by atoms with van der Waals surface area (Å²) in [4.78, 5) is 4.33. The number of nitrogens with zero attached hydrogens (tertiary/aromatic N) is 2. The quantitative estimate of drug-likeness (QED) is 0.824. The Kier molecular flexibility index (Phi) is 2.60. The van der Waals surface area contributed by atoms with Crippen molar-refractivity contribution in [2.45, 2.75) is 13.5 Å². The second-order valence-corrected chi connectivity index (χ2v) is 3.41. The third-order valence-electron chi connectivity index (χ3n) is 2.41. The molecule has 0 radical (unpaired) electrons. The van der Waals surface area contributed by atoms with Gasteiger partial charge in [-0.1, -0.05) is 0 Å². The minimum absolute atomic E-state index is 0.500. The Labute approximate surface area is 88.7 Å². The van der Waals surface area contributed by atoms with Crippen molar-refractivity contribution in [1.82, 2.24) is 9.55 Å². The smallest absolute Gasteiger partial charge is 0.146 e. The van der Waals surface area contributed by atoms with Crippen molar-refractivity contribution in [2.24, 2.45) is 12.8 Å². The van der Waals surface area contributed by atoms with E-state index in [1.54, 1.807) is 6.20 Å². The Bertz CT molecular complexity index is 476. The SMILES string of the molecule is CCOc1ccnc2c(CN)cn(C)c12. The van der Waals surface area contributed by atoms with Gasteiger partial charge in [-0.25, -0.2) is 0 Å². The maximum Gasteiger partial charge on any atom is 0.146 e. The first-order chi connectivity index (χ1) is 7.27. The summed E-state index contributed by atoms with van der Waals surface area (Å²) >= 11 is 0. The molecular formula is C11H15N3O. The van der Waals surface area contributed by atoms with Crippen molar-refractivity contribution in [1.29, 1.82) is 0 Å². The van der Waals surface area contributed by atoms with Crippen LogP contribution in [0, 0.1) is 0 Å². The van der Waals surface area contributed by atoms with Gasteiger partial charge in [-0.15, -0.1) is 0 Å². The lowest BCUT2D eigenvalue weighted by Gasteiger charge is -2.05. The van der Waals surface area contributed by atoms with Crippen LogP contribution in [0.5, 0.6) is 5.75 Å². The molecule has 0 amide bonds. The summed E-state index contributed by atoms with van der Waals surface area (Å²) in [5, 5.41) is 0. The van der Waals surface area contributed by atoms with Gasteiger partial charge in [-0.2, -0.15) is 0 Å². The fourth-order valence-electron chi connectivity index (χ4n) is 1.79. The average Bonchev–Trinajstić information content (AvgIpc) is 2.57.